The molecule has 0 radical (unpaired) electrons. The van der Waals surface area contributed by atoms with Gasteiger partial charge in [0.1, 0.15) is 25.3 Å². The monoisotopic (exact) mass is 350 g/mol. The Morgan fingerprint density at radius 1 is 1.43 bits per heavy atom. The highest BCUT2D eigenvalue weighted by molar-refractivity contribution is 7.86. The number of aliphatic hydroxyl groups is 1. The summed E-state index contributed by atoms with van der Waals surface area (Å²) in [6.07, 6.45) is 3.18. The number of likely N-dealkylation sites (tertiary alicyclic amines) is 1. The number of unbranched alkanes of at least 4 members (excludes halogenated alkanes) is 1. The molecule has 1 rings (SSSR count). The van der Waals surface area contributed by atoms with Gasteiger partial charge in [-0.25, -0.2) is 4.79 Å². The molecular weight excluding hydrogens is 326 g/mol. The Bertz CT molecular complexity index is 533. The maximum Gasteiger partial charge on any atom is 0.524 e. The standard InChI is InChI=1S/C14H24NO7S/c1-3-8-21-14(18)15(11-17)10-13(22-23(2,19)20)9-12(15)6-4-5-7-16/h3,11-13,16H,1,4-10H2,2H3/q+1/t12-,13+,15?/m0/s1. The molecule has 132 valence electrons. The summed E-state index contributed by atoms with van der Waals surface area (Å²) in [7, 11) is -3.69. The van der Waals surface area contributed by atoms with Gasteiger partial charge in [-0.05, 0) is 12.8 Å². The zero-order valence-corrected chi connectivity index (χ0v) is 14.0. The lowest BCUT2D eigenvalue weighted by Crippen LogP contribution is -2.55. The average molecular weight is 350 g/mol. The van der Waals surface area contributed by atoms with Gasteiger partial charge in [-0.3, -0.25) is 4.18 Å². The van der Waals surface area contributed by atoms with Crippen molar-refractivity contribution in [2.24, 2.45) is 0 Å². The number of imide groups is 1. The lowest BCUT2D eigenvalue weighted by Gasteiger charge is -2.29. The van der Waals surface area contributed by atoms with E-state index >= 15 is 0 Å². The molecule has 0 spiro atoms. The third-order valence-electron chi connectivity index (χ3n) is 3.80. The summed E-state index contributed by atoms with van der Waals surface area (Å²) in [5.74, 6) is 0. The van der Waals surface area contributed by atoms with E-state index in [2.05, 4.69) is 6.58 Å². The van der Waals surface area contributed by atoms with Gasteiger partial charge in [0.15, 0.2) is 0 Å². The van der Waals surface area contributed by atoms with Crippen LogP contribution in [-0.2, 0) is 23.8 Å². The van der Waals surface area contributed by atoms with Crippen molar-refractivity contribution in [2.75, 3.05) is 26.0 Å². The van der Waals surface area contributed by atoms with Crippen LogP contribution in [-0.4, -0.2) is 68.7 Å². The van der Waals surface area contributed by atoms with Crippen LogP contribution in [0.25, 0.3) is 0 Å². The SMILES string of the molecule is C=CCOC(=O)[N+]1(C=O)C[C@H](OS(C)(=O)=O)C[C@@H]1CCCCO. The highest BCUT2D eigenvalue weighted by Gasteiger charge is 2.55. The second-order valence-electron chi connectivity index (χ2n) is 5.62. The summed E-state index contributed by atoms with van der Waals surface area (Å²) in [4.78, 5) is 24.0. The van der Waals surface area contributed by atoms with Gasteiger partial charge in [-0.1, -0.05) is 12.7 Å². The molecule has 1 fully saturated rings. The van der Waals surface area contributed by atoms with Crippen LogP contribution >= 0.6 is 0 Å². The van der Waals surface area contributed by atoms with Gasteiger partial charge in [0.05, 0.1) is 6.26 Å². The van der Waals surface area contributed by atoms with Gasteiger partial charge in [-0.2, -0.15) is 17.7 Å². The van der Waals surface area contributed by atoms with E-state index in [1.165, 1.54) is 6.08 Å². The zero-order chi connectivity index (χ0) is 17.5. The Balaban J connectivity index is 2.96. The average Bonchev–Trinajstić information content (AvgIpc) is 2.81. The Kier molecular flexibility index (Phi) is 7.33. The van der Waals surface area contributed by atoms with E-state index in [1.807, 2.05) is 0 Å². The van der Waals surface area contributed by atoms with Crippen molar-refractivity contribution in [1.29, 1.82) is 0 Å². The van der Waals surface area contributed by atoms with Crippen LogP contribution in [0.1, 0.15) is 25.7 Å². The third kappa shape index (κ3) is 5.38. The van der Waals surface area contributed by atoms with Gasteiger partial charge < -0.3 is 9.84 Å². The fourth-order valence-corrected chi connectivity index (χ4v) is 3.49. The summed E-state index contributed by atoms with van der Waals surface area (Å²) >= 11 is 0. The predicted octanol–water partition coefficient (Wildman–Crippen LogP) is 0.562. The molecule has 0 bridgehead atoms. The van der Waals surface area contributed by atoms with E-state index < -0.39 is 32.8 Å². The van der Waals surface area contributed by atoms with Crippen molar-refractivity contribution in [3.63, 3.8) is 0 Å². The van der Waals surface area contributed by atoms with E-state index in [9.17, 15) is 18.0 Å². The van der Waals surface area contributed by atoms with Crippen molar-refractivity contribution < 1.29 is 36.5 Å². The number of hydrogen-bond donors (Lipinski definition) is 1. The molecule has 0 saturated carbocycles. The molecule has 1 N–H and O–H groups in total. The van der Waals surface area contributed by atoms with Crippen molar-refractivity contribution in [3.05, 3.63) is 12.7 Å². The highest BCUT2D eigenvalue weighted by atomic mass is 32.2. The molecule has 1 heterocycles. The van der Waals surface area contributed by atoms with Gasteiger partial charge in [0.2, 0.25) is 0 Å². The van der Waals surface area contributed by atoms with Gasteiger partial charge >= 0.3 is 12.5 Å². The lowest BCUT2D eigenvalue weighted by atomic mass is 10.1. The molecule has 2 amide bonds. The second kappa shape index (κ2) is 8.53. The van der Waals surface area contributed by atoms with Crippen LogP contribution in [0.5, 0.6) is 0 Å². The molecular formula is C14H24NO7S+. The summed E-state index contributed by atoms with van der Waals surface area (Å²) in [6, 6.07) is -0.442. The number of amides is 2. The molecule has 0 aliphatic carbocycles. The summed E-state index contributed by atoms with van der Waals surface area (Å²) in [5, 5.41) is 8.88. The molecule has 1 aliphatic heterocycles. The molecule has 1 saturated heterocycles. The van der Waals surface area contributed by atoms with E-state index in [1.54, 1.807) is 0 Å². The Morgan fingerprint density at radius 2 is 2.13 bits per heavy atom. The van der Waals surface area contributed by atoms with Gasteiger partial charge in [-0.15, -0.1) is 0 Å². The van der Waals surface area contributed by atoms with Crippen molar-refractivity contribution in [1.82, 2.24) is 0 Å². The minimum absolute atomic E-state index is 0.0119. The molecule has 1 aliphatic rings. The number of aliphatic hydroxyl groups excluding tert-OH is 1. The van der Waals surface area contributed by atoms with Gasteiger partial charge in [0.25, 0.3) is 10.1 Å². The molecule has 0 aromatic carbocycles. The number of carbonyl (C=O) groups is 2. The fraction of sp³-hybridized carbons (Fsp3) is 0.714. The van der Waals surface area contributed by atoms with Crippen molar-refractivity contribution in [2.45, 2.75) is 37.8 Å². The third-order valence-corrected chi connectivity index (χ3v) is 4.42. The van der Waals surface area contributed by atoms with E-state index in [-0.39, 0.29) is 26.2 Å². The number of hydrogen-bond acceptors (Lipinski definition) is 7. The normalized spacial score (nSPS) is 27.6. The first-order valence-corrected chi connectivity index (χ1v) is 9.22. The van der Waals surface area contributed by atoms with E-state index in [4.69, 9.17) is 14.0 Å². The Labute approximate surface area is 136 Å². The first kappa shape index (κ1) is 19.8. The van der Waals surface area contributed by atoms with E-state index in [0.29, 0.717) is 25.7 Å². The quantitative estimate of drug-likeness (QED) is 0.213. The molecule has 0 aromatic rings. The molecule has 3 atom stereocenters. The minimum atomic E-state index is -3.69. The molecule has 9 heteroatoms. The number of ether oxygens (including phenoxy) is 1. The van der Waals surface area contributed by atoms with Crippen LogP contribution in [0.4, 0.5) is 4.79 Å². The molecule has 1 unspecified atom stereocenters. The summed E-state index contributed by atoms with van der Waals surface area (Å²) < 4.78 is 32.0. The molecule has 23 heavy (non-hydrogen) atoms. The minimum Gasteiger partial charge on any atom is -0.415 e. The predicted molar refractivity (Wildman–Crippen MR) is 81.8 cm³/mol. The molecule has 0 aromatic heterocycles. The maximum atomic E-state index is 12.3. The van der Waals surface area contributed by atoms with E-state index in [0.717, 1.165) is 6.26 Å². The lowest BCUT2D eigenvalue weighted by molar-refractivity contribution is -0.787. The summed E-state index contributed by atoms with van der Waals surface area (Å²) in [6.45, 7) is 3.34. The first-order chi connectivity index (χ1) is 10.8. The Hall–Kier alpha value is -1.29. The number of carbonyl (C=O) groups excluding carboxylic acids is 2. The maximum absolute atomic E-state index is 12.3. The van der Waals surface area contributed by atoms with Crippen LogP contribution < -0.4 is 0 Å². The first-order valence-electron chi connectivity index (χ1n) is 7.40. The molecule has 8 nitrogen and oxygen atoms in total. The number of nitrogens with zero attached hydrogens (tertiary/aromatic N) is 1. The van der Waals surface area contributed by atoms with Crippen molar-refractivity contribution in [3.8, 4) is 0 Å². The van der Waals surface area contributed by atoms with Crippen LogP contribution in [0.3, 0.4) is 0 Å². The largest absolute Gasteiger partial charge is 0.524 e. The smallest absolute Gasteiger partial charge is 0.415 e. The second-order valence-corrected chi connectivity index (χ2v) is 7.22. The number of rotatable bonds is 9. The zero-order valence-electron chi connectivity index (χ0n) is 13.2. The summed E-state index contributed by atoms with van der Waals surface area (Å²) in [5.41, 5.74) is 0. The van der Waals surface area contributed by atoms with Crippen LogP contribution in [0.2, 0.25) is 0 Å². The topological polar surface area (TPSA) is 107 Å². The van der Waals surface area contributed by atoms with Crippen molar-refractivity contribution >= 4 is 22.6 Å². The van der Waals surface area contributed by atoms with Gasteiger partial charge in [0, 0.05) is 19.4 Å². The van der Waals surface area contributed by atoms with Crippen LogP contribution in [0, 0.1) is 0 Å². The van der Waals surface area contributed by atoms with Crippen LogP contribution in [0.15, 0.2) is 12.7 Å². The Morgan fingerprint density at radius 3 is 2.65 bits per heavy atom. The highest BCUT2D eigenvalue weighted by Crippen LogP contribution is 2.32. The number of quaternary nitrogens is 1. The fourth-order valence-electron chi connectivity index (χ4n) is 2.86.